The van der Waals surface area contributed by atoms with Gasteiger partial charge in [-0.1, -0.05) is 47.5 Å². The molecule has 0 aliphatic carbocycles. The largest absolute Gasteiger partial charge is 0.459 e. The molecule has 0 saturated heterocycles. The molecule has 8 heteroatoms. The summed E-state index contributed by atoms with van der Waals surface area (Å²) in [5.41, 5.74) is 0.468. The number of carbonyl (C=O) groups excluding carboxylic acids is 2. The van der Waals surface area contributed by atoms with Gasteiger partial charge in [0.1, 0.15) is 26.1 Å². The second-order valence-electron chi connectivity index (χ2n) is 5.35. The maximum Gasteiger partial charge on any atom is 0.339 e. The van der Waals surface area contributed by atoms with E-state index in [9.17, 15) is 9.59 Å². The number of methoxy groups -OCH3 is 1. The summed E-state index contributed by atoms with van der Waals surface area (Å²) in [7, 11) is 1.45. The van der Waals surface area contributed by atoms with Crippen molar-refractivity contribution in [1.82, 2.24) is 0 Å². The van der Waals surface area contributed by atoms with Gasteiger partial charge >= 0.3 is 11.9 Å². The molecular weight excluding hydrogens is 395 g/mol. The van der Waals surface area contributed by atoms with Crippen LogP contribution in [-0.2, 0) is 18.9 Å². The van der Waals surface area contributed by atoms with Crippen molar-refractivity contribution in [2.75, 3.05) is 27.1 Å². The van der Waals surface area contributed by atoms with Gasteiger partial charge in [-0.15, -0.1) is 0 Å². The third-order valence-electron chi connectivity index (χ3n) is 3.41. The van der Waals surface area contributed by atoms with Crippen molar-refractivity contribution in [1.29, 1.82) is 0 Å². The number of hydrogen-bond acceptors (Lipinski definition) is 6. The Morgan fingerprint density at radius 2 is 1.30 bits per heavy atom. The molecule has 0 unspecified atom stereocenters. The van der Waals surface area contributed by atoms with Crippen LogP contribution in [0.5, 0.6) is 0 Å². The van der Waals surface area contributed by atoms with Crippen molar-refractivity contribution >= 4 is 35.1 Å². The minimum Gasteiger partial charge on any atom is -0.459 e. The summed E-state index contributed by atoms with van der Waals surface area (Å²) in [6.07, 6.45) is -0.720. The maximum absolute atomic E-state index is 12.1. The van der Waals surface area contributed by atoms with Crippen molar-refractivity contribution in [3.8, 4) is 0 Å². The summed E-state index contributed by atoms with van der Waals surface area (Å²) in [4.78, 5) is 24.3. The number of ether oxygens (including phenoxy) is 4. The Kier molecular flexibility index (Phi) is 8.54. The van der Waals surface area contributed by atoms with Crippen LogP contribution in [0, 0.1) is 0 Å². The van der Waals surface area contributed by atoms with Crippen molar-refractivity contribution in [3.05, 3.63) is 69.7 Å². The normalized spacial score (nSPS) is 10.7. The summed E-state index contributed by atoms with van der Waals surface area (Å²) in [5, 5.41) is 0.559. The summed E-state index contributed by atoms with van der Waals surface area (Å²) < 4.78 is 20.6. The van der Waals surface area contributed by atoms with Gasteiger partial charge in [0, 0.05) is 7.11 Å². The molecular formula is C19H18Cl2O6. The molecule has 0 amide bonds. The number of esters is 2. The van der Waals surface area contributed by atoms with Gasteiger partial charge in [0.05, 0.1) is 21.2 Å². The van der Waals surface area contributed by atoms with E-state index in [0.717, 1.165) is 0 Å². The van der Waals surface area contributed by atoms with E-state index < -0.39 is 18.0 Å². The van der Waals surface area contributed by atoms with E-state index in [4.69, 9.17) is 42.1 Å². The van der Waals surface area contributed by atoms with Crippen LogP contribution < -0.4 is 0 Å². The first-order valence-electron chi connectivity index (χ1n) is 7.96. The molecule has 0 aromatic heterocycles. The average Bonchev–Trinajstić information content (AvgIpc) is 2.67. The van der Waals surface area contributed by atoms with E-state index in [1.165, 1.54) is 7.11 Å². The van der Waals surface area contributed by atoms with Crippen LogP contribution in [0.15, 0.2) is 48.5 Å². The molecule has 0 fully saturated rings. The Bertz CT molecular complexity index is 719. The second kappa shape index (κ2) is 10.9. The van der Waals surface area contributed by atoms with Gasteiger partial charge in [0.15, 0.2) is 0 Å². The number of rotatable bonds is 9. The van der Waals surface area contributed by atoms with Crippen molar-refractivity contribution in [2.45, 2.75) is 6.10 Å². The molecule has 0 heterocycles. The van der Waals surface area contributed by atoms with E-state index >= 15 is 0 Å². The Hall–Kier alpha value is -2.12. The number of halogens is 2. The Balaban J connectivity index is 1.92. The number of benzene rings is 2. The highest BCUT2D eigenvalue weighted by atomic mass is 35.5. The first-order chi connectivity index (χ1) is 13.0. The van der Waals surface area contributed by atoms with Gasteiger partial charge < -0.3 is 18.9 Å². The van der Waals surface area contributed by atoms with E-state index in [1.54, 1.807) is 48.5 Å². The lowest BCUT2D eigenvalue weighted by atomic mass is 10.2. The Labute approximate surface area is 166 Å². The molecule has 2 aromatic rings. The molecule has 0 spiro atoms. The van der Waals surface area contributed by atoms with Crippen LogP contribution in [0.1, 0.15) is 20.7 Å². The topological polar surface area (TPSA) is 71.1 Å². The smallest absolute Gasteiger partial charge is 0.339 e. The molecule has 27 heavy (non-hydrogen) atoms. The SMILES string of the molecule is COCOC(COC(=O)c1ccccc1Cl)COC(=O)c1ccccc1Cl. The van der Waals surface area contributed by atoms with Gasteiger partial charge in [0.2, 0.25) is 0 Å². The molecule has 0 bridgehead atoms. The highest BCUT2D eigenvalue weighted by molar-refractivity contribution is 6.33. The van der Waals surface area contributed by atoms with Crippen molar-refractivity contribution < 1.29 is 28.5 Å². The molecule has 0 atom stereocenters. The quantitative estimate of drug-likeness (QED) is 0.457. The summed E-state index contributed by atoms with van der Waals surface area (Å²) in [6.45, 7) is -0.357. The monoisotopic (exact) mass is 412 g/mol. The average molecular weight is 413 g/mol. The summed E-state index contributed by atoms with van der Waals surface area (Å²) >= 11 is 11.9. The minimum atomic E-state index is -0.720. The van der Waals surface area contributed by atoms with Gasteiger partial charge in [-0.05, 0) is 24.3 Å². The molecule has 0 aliphatic heterocycles. The molecule has 6 nitrogen and oxygen atoms in total. The zero-order chi connectivity index (χ0) is 19.6. The number of carbonyl (C=O) groups is 2. The lowest BCUT2D eigenvalue weighted by Gasteiger charge is -2.18. The molecule has 0 saturated carbocycles. The highest BCUT2D eigenvalue weighted by Gasteiger charge is 2.19. The van der Waals surface area contributed by atoms with E-state index in [1.807, 2.05) is 0 Å². The number of hydrogen-bond donors (Lipinski definition) is 0. The van der Waals surface area contributed by atoms with Crippen LogP contribution in [0.4, 0.5) is 0 Å². The highest BCUT2D eigenvalue weighted by Crippen LogP contribution is 2.17. The second-order valence-corrected chi connectivity index (χ2v) is 6.17. The standard InChI is InChI=1S/C19H18Cl2O6/c1-24-12-27-13(10-25-18(22)14-6-2-4-8-16(14)20)11-26-19(23)15-7-3-5-9-17(15)21/h2-9,13H,10-12H2,1H3. The van der Waals surface area contributed by atoms with Crippen LogP contribution in [0.2, 0.25) is 10.0 Å². The lowest BCUT2D eigenvalue weighted by Crippen LogP contribution is -2.29. The first-order valence-corrected chi connectivity index (χ1v) is 8.72. The van der Waals surface area contributed by atoms with Crippen LogP contribution in [0.3, 0.4) is 0 Å². The van der Waals surface area contributed by atoms with Crippen molar-refractivity contribution in [2.24, 2.45) is 0 Å². The molecule has 2 rings (SSSR count). The fourth-order valence-electron chi connectivity index (χ4n) is 2.05. The third-order valence-corrected chi connectivity index (χ3v) is 4.07. The third kappa shape index (κ3) is 6.52. The summed E-state index contributed by atoms with van der Waals surface area (Å²) in [6, 6.07) is 13.0. The van der Waals surface area contributed by atoms with Crippen molar-refractivity contribution in [3.63, 3.8) is 0 Å². The lowest BCUT2D eigenvalue weighted by molar-refractivity contribution is -0.106. The van der Waals surface area contributed by atoms with Gasteiger partial charge in [-0.25, -0.2) is 9.59 Å². The minimum absolute atomic E-state index is 0.0576. The van der Waals surface area contributed by atoms with E-state index in [-0.39, 0.29) is 41.2 Å². The molecule has 2 aromatic carbocycles. The Morgan fingerprint density at radius 1 is 0.852 bits per heavy atom. The fraction of sp³-hybridized carbons (Fsp3) is 0.263. The van der Waals surface area contributed by atoms with E-state index in [2.05, 4.69) is 0 Å². The summed E-state index contributed by atoms with van der Waals surface area (Å²) in [5.74, 6) is -1.21. The zero-order valence-electron chi connectivity index (χ0n) is 14.5. The van der Waals surface area contributed by atoms with Crippen LogP contribution >= 0.6 is 23.2 Å². The molecule has 0 N–H and O–H groups in total. The predicted octanol–water partition coefficient (Wildman–Crippen LogP) is 4.00. The Morgan fingerprint density at radius 3 is 1.70 bits per heavy atom. The molecule has 144 valence electrons. The molecule has 0 aliphatic rings. The van der Waals surface area contributed by atoms with Gasteiger partial charge in [0.25, 0.3) is 0 Å². The maximum atomic E-state index is 12.1. The van der Waals surface area contributed by atoms with Crippen LogP contribution in [-0.4, -0.2) is 45.2 Å². The predicted molar refractivity (Wildman–Crippen MR) is 100 cm³/mol. The van der Waals surface area contributed by atoms with Crippen LogP contribution in [0.25, 0.3) is 0 Å². The van der Waals surface area contributed by atoms with Gasteiger partial charge in [-0.2, -0.15) is 0 Å². The zero-order valence-corrected chi connectivity index (χ0v) is 16.0. The van der Waals surface area contributed by atoms with E-state index in [0.29, 0.717) is 0 Å². The van der Waals surface area contributed by atoms with Gasteiger partial charge in [-0.3, -0.25) is 0 Å². The molecule has 0 radical (unpaired) electrons. The first kappa shape index (κ1) is 21.2. The fourth-order valence-corrected chi connectivity index (χ4v) is 2.48.